The summed E-state index contributed by atoms with van der Waals surface area (Å²) < 4.78 is 5.58. The minimum Gasteiger partial charge on any atom is -0.381 e. The van der Waals surface area contributed by atoms with Gasteiger partial charge in [0.15, 0.2) is 0 Å². The second kappa shape index (κ2) is 7.18. The van der Waals surface area contributed by atoms with E-state index >= 15 is 0 Å². The summed E-state index contributed by atoms with van der Waals surface area (Å²) in [6.07, 6.45) is 7.90. The van der Waals surface area contributed by atoms with E-state index in [2.05, 4.69) is 22.5 Å². The van der Waals surface area contributed by atoms with Gasteiger partial charge in [-0.1, -0.05) is 19.8 Å². The molecule has 3 aliphatic heterocycles. The molecule has 0 aromatic rings. The fraction of sp³-hybridized carbons (Fsp3) is 0.941. The van der Waals surface area contributed by atoms with E-state index in [1.165, 1.54) is 12.8 Å². The van der Waals surface area contributed by atoms with E-state index in [4.69, 9.17) is 4.74 Å². The number of piperidine rings is 1. The first-order valence-electron chi connectivity index (χ1n) is 9.13. The second-order valence-corrected chi connectivity index (χ2v) is 7.10. The van der Waals surface area contributed by atoms with Crippen molar-refractivity contribution in [2.24, 2.45) is 5.92 Å². The van der Waals surface area contributed by atoms with Gasteiger partial charge in [0.05, 0.1) is 5.54 Å². The average molecular weight is 309 g/mol. The van der Waals surface area contributed by atoms with Crippen molar-refractivity contribution in [3.8, 4) is 0 Å². The van der Waals surface area contributed by atoms with Gasteiger partial charge in [-0.15, -0.1) is 0 Å². The van der Waals surface area contributed by atoms with Crippen molar-refractivity contribution < 1.29 is 9.53 Å². The van der Waals surface area contributed by atoms with Crippen LogP contribution in [0.3, 0.4) is 0 Å². The van der Waals surface area contributed by atoms with Gasteiger partial charge in [-0.05, 0) is 51.1 Å². The normalized spacial score (nSPS) is 31.5. The fourth-order valence-electron chi connectivity index (χ4n) is 4.67. The first kappa shape index (κ1) is 16.1. The Labute approximate surface area is 134 Å². The van der Waals surface area contributed by atoms with Crippen LogP contribution in [-0.4, -0.2) is 55.4 Å². The standard InChI is InChI=1S/C17H31N3O2/c1-2-3-8-17(14-6-11-22-12-7-14)13-19-16(21)20(17)15-4-9-18-10-5-15/h14-15,18H,2-13H2,1H3,(H,19,21). The number of hydrogen-bond donors (Lipinski definition) is 2. The predicted molar refractivity (Wildman–Crippen MR) is 86.9 cm³/mol. The third-order valence-electron chi connectivity index (χ3n) is 5.86. The number of urea groups is 1. The highest BCUT2D eigenvalue weighted by atomic mass is 16.5. The Hall–Kier alpha value is -0.810. The number of unbranched alkanes of at least 4 members (excludes halogenated alkanes) is 1. The molecule has 5 nitrogen and oxygen atoms in total. The van der Waals surface area contributed by atoms with Gasteiger partial charge in [-0.2, -0.15) is 0 Å². The Morgan fingerprint density at radius 1 is 1.23 bits per heavy atom. The quantitative estimate of drug-likeness (QED) is 0.818. The van der Waals surface area contributed by atoms with Crippen LogP contribution in [0, 0.1) is 5.92 Å². The molecular formula is C17H31N3O2. The van der Waals surface area contributed by atoms with Crippen molar-refractivity contribution >= 4 is 6.03 Å². The van der Waals surface area contributed by atoms with Gasteiger partial charge in [0, 0.05) is 25.8 Å². The van der Waals surface area contributed by atoms with Crippen molar-refractivity contribution in [3.63, 3.8) is 0 Å². The van der Waals surface area contributed by atoms with Gasteiger partial charge in [0.1, 0.15) is 0 Å². The molecule has 0 aliphatic carbocycles. The highest BCUT2D eigenvalue weighted by Crippen LogP contribution is 2.41. The molecule has 0 saturated carbocycles. The fourth-order valence-corrected chi connectivity index (χ4v) is 4.67. The second-order valence-electron chi connectivity index (χ2n) is 7.10. The van der Waals surface area contributed by atoms with E-state index in [-0.39, 0.29) is 11.6 Å². The molecule has 0 bridgehead atoms. The first-order chi connectivity index (χ1) is 10.8. The van der Waals surface area contributed by atoms with Crippen LogP contribution >= 0.6 is 0 Å². The Balaban J connectivity index is 1.85. The minimum absolute atomic E-state index is 0.0267. The van der Waals surface area contributed by atoms with Gasteiger partial charge in [-0.25, -0.2) is 4.79 Å². The highest BCUT2D eigenvalue weighted by molar-refractivity contribution is 5.78. The van der Waals surface area contributed by atoms with Gasteiger partial charge in [0.25, 0.3) is 0 Å². The van der Waals surface area contributed by atoms with Crippen LogP contribution in [0.5, 0.6) is 0 Å². The average Bonchev–Trinajstić information content (AvgIpc) is 2.92. The van der Waals surface area contributed by atoms with E-state index in [0.717, 1.165) is 65.0 Å². The third-order valence-corrected chi connectivity index (χ3v) is 5.86. The van der Waals surface area contributed by atoms with Crippen LogP contribution in [-0.2, 0) is 4.74 Å². The summed E-state index contributed by atoms with van der Waals surface area (Å²) in [6, 6.07) is 0.581. The summed E-state index contributed by atoms with van der Waals surface area (Å²) >= 11 is 0. The van der Waals surface area contributed by atoms with Crippen molar-refractivity contribution in [2.45, 2.75) is 63.5 Å². The van der Waals surface area contributed by atoms with Gasteiger partial charge >= 0.3 is 6.03 Å². The molecule has 0 aromatic carbocycles. The smallest absolute Gasteiger partial charge is 0.318 e. The molecule has 3 aliphatic rings. The van der Waals surface area contributed by atoms with E-state index in [9.17, 15) is 4.79 Å². The molecule has 1 unspecified atom stereocenters. The molecule has 0 spiro atoms. The summed E-state index contributed by atoms with van der Waals surface area (Å²) in [4.78, 5) is 14.9. The zero-order valence-corrected chi connectivity index (χ0v) is 13.9. The lowest BCUT2D eigenvalue weighted by atomic mass is 9.74. The molecule has 3 fully saturated rings. The van der Waals surface area contributed by atoms with Crippen molar-refractivity contribution in [2.75, 3.05) is 32.8 Å². The summed E-state index contributed by atoms with van der Waals surface area (Å²) in [5, 5.41) is 6.61. The lowest BCUT2D eigenvalue weighted by molar-refractivity contribution is -0.0173. The number of amides is 2. The molecule has 0 aromatic heterocycles. The molecule has 2 N–H and O–H groups in total. The molecule has 3 rings (SSSR count). The number of nitrogens with one attached hydrogen (secondary N) is 2. The topological polar surface area (TPSA) is 53.6 Å². The maximum absolute atomic E-state index is 12.7. The number of nitrogens with zero attached hydrogens (tertiary/aromatic N) is 1. The number of ether oxygens (including phenoxy) is 1. The molecule has 3 saturated heterocycles. The van der Waals surface area contributed by atoms with E-state index in [1.807, 2.05) is 0 Å². The highest BCUT2D eigenvalue weighted by Gasteiger charge is 2.52. The van der Waals surface area contributed by atoms with Gasteiger partial charge < -0.3 is 20.3 Å². The van der Waals surface area contributed by atoms with Crippen LogP contribution in [0.1, 0.15) is 51.9 Å². The maximum Gasteiger partial charge on any atom is 0.318 e. The van der Waals surface area contributed by atoms with Crippen LogP contribution in [0.25, 0.3) is 0 Å². The molecule has 2 amide bonds. The summed E-state index contributed by atoms with van der Waals surface area (Å²) in [5.41, 5.74) is 0.0267. The predicted octanol–water partition coefficient (Wildman–Crippen LogP) is 2.12. The minimum atomic E-state index is 0.0267. The lowest BCUT2D eigenvalue weighted by Gasteiger charge is -2.49. The molecular weight excluding hydrogens is 278 g/mol. The summed E-state index contributed by atoms with van der Waals surface area (Å²) in [6.45, 7) is 6.86. The first-order valence-corrected chi connectivity index (χ1v) is 9.13. The molecule has 5 heteroatoms. The zero-order chi connectivity index (χ0) is 15.4. The van der Waals surface area contributed by atoms with E-state index < -0.39 is 0 Å². The molecule has 126 valence electrons. The van der Waals surface area contributed by atoms with Crippen LogP contribution in [0.4, 0.5) is 4.79 Å². The van der Waals surface area contributed by atoms with Gasteiger partial charge in [0.2, 0.25) is 0 Å². The van der Waals surface area contributed by atoms with E-state index in [0.29, 0.717) is 12.0 Å². The SMILES string of the molecule is CCCCC1(C2CCOCC2)CNC(=O)N1C1CCNCC1. The van der Waals surface area contributed by atoms with Crippen molar-refractivity contribution in [1.82, 2.24) is 15.5 Å². The summed E-state index contributed by atoms with van der Waals surface area (Å²) in [7, 11) is 0. The van der Waals surface area contributed by atoms with Crippen molar-refractivity contribution in [3.05, 3.63) is 0 Å². The Morgan fingerprint density at radius 3 is 2.64 bits per heavy atom. The Morgan fingerprint density at radius 2 is 1.95 bits per heavy atom. The van der Waals surface area contributed by atoms with Crippen molar-refractivity contribution in [1.29, 1.82) is 0 Å². The summed E-state index contributed by atoms with van der Waals surface area (Å²) in [5.74, 6) is 0.585. The number of carbonyl (C=O) groups is 1. The molecule has 3 heterocycles. The van der Waals surface area contributed by atoms with Gasteiger partial charge in [-0.3, -0.25) is 0 Å². The monoisotopic (exact) mass is 309 g/mol. The molecule has 0 radical (unpaired) electrons. The Kier molecular flexibility index (Phi) is 5.24. The number of rotatable bonds is 5. The van der Waals surface area contributed by atoms with Crippen LogP contribution in [0.2, 0.25) is 0 Å². The zero-order valence-electron chi connectivity index (χ0n) is 13.9. The van der Waals surface area contributed by atoms with E-state index in [1.54, 1.807) is 0 Å². The molecule has 22 heavy (non-hydrogen) atoms. The number of hydrogen-bond acceptors (Lipinski definition) is 3. The Bertz CT molecular complexity index is 378. The maximum atomic E-state index is 12.7. The number of carbonyl (C=O) groups excluding carboxylic acids is 1. The van der Waals surface area contributed by atoms with Crippen LogP contribution < -0.4 is 10.6 Å². The largest absolute Gasteiger partial charge is 0.381 e. The van der Waals surface area contributed by atoms with Crippen LogP contribution in [0.15, 0.2) is 0 Å². The lowest BCUT2D eigenvalue weighted by Crippen LogP contribution is -2.59. The third kappa shape index (κ3) is 2.98. The molecule has 1 atom stereocenters.